The van der Waals surface area contributed by atoms with Crippen LogP contribution in [0.4, 0.5) is 13.2 Å². The highest BCUT2D eigenvalue weighted by Crippen LogP contribution is 2.30. The van der Waals surface area contributed by atoms with Crippen molar-refractivity contribution in [3.63, 3.8) is 0 Å². The number of nitrogens with two attached hydrogens (primary N) is 1. The number of halogens is 3. The zero-order valence-corrected chi connectivity index (χ0v) is 10.6. The molecular formula is C12H21F3N2O. The van der Waals surface area contributed by atoms with Crippen molar-refractivity contribution in [3.8, 4) is 0 Å². The fraction of sp³-hybridized carbons (Fsp3) is 0.917. The van der Waals surface area contributed by atoms with Gasteiger partial charge in [0.15, 0.2) is 0 Å². The van der Waals surface area contributed by atoms with Gasteiger partial charge in [-0.15, -0.1) is 0 Å². The van der Waals surface area contributed by atoms with Crippen LogP contribution in [0, 0.1) is 11.8 Å². The third kappa shape index (κ3) is 4.84. The van der Waals surface area contributed by atoms with E-state index < -0.39 is 18.6 Å². The molecule has 1 aliphatic carbocycles. The highest BCUT2D eigenvalue weighted by molar-refractivity contribution is 5.79. The van der Waals surface area contributed by atoms with Crippen LogP contribution in [-0.4, -0.2) is 24.7 Å². The Labute approximate surface area is 105 Å². The number of nitrogens with one attached hydrogen (secondary N) is 1. The molecule has 3 unspecified atom stereocenters. The summed E-state index contributed by atoms with van der Waals surface area (Å²) in [5.41, 5.74) is 5.60. The van der Waals surface area contributed by atoms with Crippen LogP contribution in [0.15, 0.2) is 0 Å². The van der Waals surface area contributed by atoms with E-state index in [1.165, 1.54) is 6.92 Å². The van der Waals surface area contributed by atoms with Gasteiger partial charge in [-0.25, -0.2) is 0 Å². The molecule has 0 saturated heterocycles. The highest BCUT2D eigenvalue weighted by atomic mass is 19.4. The van der Waals surface area contributed by atoms with Crippen LogP contribution < -0.4 is 11.1 Å². The average molecular weight is 266 g/mol. The van der Waals surface area contributed by atoms with Gasteiger partial charge < -0.3 is 11.1 Å². The van der Waals surface area contributed by atoms with Crippen LogP contribution in [0.1, 0.15) is 39.0 Å². The van der Waals surface area contributed by atoms with Crippen molar-refractivity contribution in [1.29, 1.82) is 0 Å². The third-order valence-corrected chi connectivity index (χ3v) is 3.47. The first-order valence-corrected chi connectivity index (χ1v) is 6.40. The van der Waals surface area contributed by atoms with Gasteiger partial charge in [0, 0.05) is 12.0 Å². The molecule has 0 aromatic heterocycles. The van der Waals surface area contributed by atoms with Crippen LogP contribution in [-0.2, 0) is 4.79 Å². The van der Waals surface area contributed by atoms with Crippen LogP contribution in [0.25, 0.3) is 0 Å². The molecule has 1 aliphatic rings. The standard InChI is InChI=1S/C12H21F3N2O/c1-8(6-12(13,14)15)17-11(18)10-5-3-2-4-9(10)7-16/h8-10H,2-7,16H2,1H3,(H,17,18). The Kier molecular flexibility index (Phi) is 5.44. The summed E-state index contributed by atoms with van der Waals surface area (Å²) < 4.78 is 36.5. The Morgan fingerprint density at radius 1 is 1.39 bits per heavy atom. The summed E-state index contributed by atoms with van der Waals surface area (Å²) in [4.78, 5) is 11.9. The lowest BCUT2D eigenvalue weighted by Gasteiger charge is -2.30. The number of hydrogen-bond donors (Lipinski definition) is 2. The smallest absolute Gasteiger partial charge is 0.353 e. The SMILES string of the molecule is CC(CC(F)(F)F)NC(=O)C1CCCCC1CN. The zero-order valence-electron chi connectivity index (χ0n) is 10.6. The molecule has 106 valence electrons. The van der Waals surface area contributed by atoms with Gasteiger partial charge in [-0.1, -0.05) is 12.8 Å². The van der Waals surface area contributed by atoms with Crippen molar-refractivity contribution < 1.29 is 18.0 Å². The maximum Gasteiger partial charge on any atom is 0.391 e. The van der Waals surface area contributed by atoms with Crippen molar-refractivity contribution in [2.24, 2.45) is 17.6 Å². The van der Waals surface area contributed by atoms with E-state index >= 15 is 0 Å². The second-order valence-corrected chi connectivity index (χ2v) is 5.12. The summed E-state index contributed by atoms with van der Waals surface area (Å²) in [5, 5.41) is 2.46. The van der Waals surface area contributed by atoms with E-state index in [1.807, 2.05) is 0 Å². The van der Waals surface area contributed by atoms with Gasteiger partial charge in [-0.3, -0.25) is 4.79 Å². The third-order valence-electron chi connectivity index (χ3n) is 3.47. The lowest BCUT2D eigenvalue weighted by molar-refractivity contribution is -0.142. The minimum absolute atomic E-state index is 0.108. The highest BCUT2D eigenvalue weighted by Gasteiger charge is 2.34. The largest absolute Gasteiger partial charge is 0.391 e. The lowest BCUT2D eigenvalue weighted by Crippen LogP contribution is -2.44. The topological polar surface area (TPSA) is 55.1 Å². The Hall–Kier alpha value is -0.780. The first kappa shape index (κ1) is 15.3. The van der Waals surface area contributed by atoms with Crippen LogP contribution in [0.5, 0.6) is 0 Å². The number of alkyl halides is 3. The Bertz CT molecular complexity index is 281. The fourth-order valence-electron chi connectivity index (χ4n) is 2.58. The first-order valence-electron chi connectivity index (χ1n) is 6.40. The summed E-state index contributed by atoms with van der Waals surface area (Å²) in [6.07, 6.45) is -1.62. The van der Waals surface area contributed by atoms with Gasteiger partial charge in [0.2, 0.25) is 5.91 Å². The molecule has 0 aliphatic heterocycles. The maximum atomic E-state index is 12.2. The molecule has 0 spiro atoms. The van der Waals surface area contributed by atoms with Crippen LogP contribution in [0.2, 0.25) is 0 Å². The Morgan fingerprint density at radius 3 is 2.56 bits per heavy atom. The average Bonchev–Trinajstić information content (AvgIpc) is 2.26. The second-order valence-electron chi connectivity index (χ2n) is 5.12. The van der Waals surface area contributed by atoms with E-state index in [-0.39, 0.29) is 17.7 Å². The molecule has 0 bridgehead atoms. The monoisotopic (exact) mass is 266 g/mol. The van der Waals surface area contributed by atoms with Crippen molar-refractivity contribution in [2.75, 3.05) is 6.54 Å². The predicted molar refractivity (Wildman–Crippen MR) is 62.8 cm³/mol. The summed E-state index contributed by atoms with van der Waals surface area (Å²) in [6, 6.07) is -0.877. The number of amides is 1. The van der Waals surface area contributed by atoms with Crippen LogP contribution in [0.3, 0.4) is 0 Å². The molecule has 0 aromatic carbocycles. The zero-order chi connectivity index (χ0) is 13.8. The van der Waals surface area contributed by atoms with E-state index in [9.17, 15) is 18.0 Å². The van der Waals surface area contributed by atoms with Gasteiger partial charge in [0.1, 0.15) is 0 Å². The maximum absolute atomic E-state index is 12.2. The minimum Gasteiger partial charge on any atom is -0.353 e. The molecule has 1 saturated carbocycles. The molecule has 6 heteroatoms. The van der Waals surface area contributed by atoms with Crippen molar-refractivity contribution in [2.45, 2.75) is 51.2 Å². The predicted octanol–water partition coefficient (Wildman–Crippen LogP) is 2.21. The first-order chi connectivity index (χ1) is 8.33. The van der Waals surface area contributed by atoms with Gasteiger partial charge in [0.25, 0.3) is 0 Å². The normalized spacial score (nSPS) is 26.7. The van der Waals surface area contributed by atoms with Crippen LogP contribution >= 0.6 is 0 Å². The fourth-order valence-corrected chi connectivity index (χ4v) is 2.58. The van der Waals surface area contributed by atoms with E-state index in [0.717, 1.165) is 25.7 Å². The number of rotatable bonds is 4. The number of carbonyl (C=O) groups excluding carboxylic acids is 1. The quantitative estimate of drug-likeness (QED) is 0.819. The molecule has 1 fully saturated rings. The Morgan fingerprint density at radius 2 is 2.00 bits per heavy atom. The number of carbonyl (C=O) groups is 1. The van der Waals surface area contributed by atoms with Gasteiger partial charge >= 0.3 is 6.18 Å². The van der Waals surface area contributed by atoms with Crippen molar-refractivity contribution in [3.05, 3.63) is 0 Å². The molecule has 3 atom stereocenters. The molecule has 1 rings (SSSR count). The van der Waals surface area contributed by atoms with E-state index in [2.05, 4.69) is 5.32 Å². The molecule has 0 heterocycles. The van der Waals surface area contributed by atoms with Crippen molar-refractivity contribution >= 4 is 5.91 Å². The minimum atomic E-state index is -4.24. The van der Waals surface area contributed by atoms with Gasteiger partial charge in [0.05, 0.1) is 6.42 Å². The molecule has 0 radical (unpaired) electrons. The van der Waals surface area contributed by atoms with Gasteiger partial charge in [-0.05, 0) is 32.2 Å². The summed E-state index contributed by atoms with van der Waals surface area (Å²) in [7, 11) is 0. The second kappa shape index (κ2) is 6.41. The molecule has 3 nitrogen and oxygen atoms in total. The summed E-state index contributed by atoms with van der Waals surface area (Å²) in [6.45, 7) is 1.80. The molecule has 1 amide bonds. The molecular weight excluding hydrogens is 245 g/mol. The van der Waals surface area contributed by atoms with E-state index in [1.54, 1.807) is 0 Å². The van der Waals surface area contributed by atoms with E-state index in [4.69, 9.17) is 5.73 Å². The van der Waals surface area contributed by atoms with E-state index in [0.29, 0.717) is 6.54 Å². The summed E-state index contributed by atoms with van der Waals surface area (Å²) in [5.74, 6) is -0.391. The molecule has 18 heavy (non-hydrogen) atoms. The molecule has 0 aromatic rings. The van der Waals surface area contributed by atoms with Crippen molar-refractivity contribution in [1.82, 2.24) is 5.32 Å². The summed E-state index contributed by atoms with van der Waals surface area (Å²) >= 11 is 0. The van der Waals surface area contributed by atoms with Gasteiger partial charge in [-0.2, -0.15) is 13.2 Å². The lowest BCUT2D eigenvalue weighted by atomic mass is 9.78. The Balaban J connectivity index is 2.48. The number of hydrogen-bond acceptors (Lipinski definition) is 2. The molecule has 3 N–H and O–H groups in total.